The van der Waals surface area contributed by atoms with Crippen LogP contribution in [0.25, 0.3) is 0 Å². The highest BCUT2D eigenvalue weighted by atomic mass is 35.5. The molecule has 0 saturated carbocycles. The minimum atomic E-state index is -0.396. The van der Waals surface area contributed by atoms with Crippen LogP contribution >= 0.6 is 11.6 Å². The van der Waals surface area contributed by atoms with Crippen LogP contribution in [0.3, 0.4) is 0 Å². The topological polar surface area (TPSA) is 29.6 Å². The monoisotopic (exact) mass is 258 g/mol. The fourth-order valence-electron chi connectivity index (χ4n) is 2.02. The zero-order valence-electron chi connectivity index (χ0n) is 9.55. The summed E-state index contributed by atoms with van der Waals surface area (Å²) in [5.74, 6) is 0.0144. The molecule has 3 heteroatoms. The van der Waals surface area contributed by atoms with E-state index >= 15 is 0 Å². The Morgan fingerprint density at radius 2 is 1.67 bits per heavy atom. The average Bonchev–Trinajstić information content (AvgIpc) is 3.20. The fraction of sp³-hybridized carbons (Fsp3) is 0.133. The van der Waals surface area contributed by atoms with Crippen LogP contribution in [0.2, 0.25) is 5.02 Å². The summed E-state index contributed by atoms with van der Waals surface area (Å²) in [4.78, 5) is 12.1. The van der Waals surface area contributed by atoms with Crippen molar-refractivity contribution in [2.45, 2.75) is 12.2 Å². The number of ketones is 1. The fourth-order valence-corrected chi connectivity index (χ4v) is 2.26. The summed E-state index contributed by atoms with van der Waals surface area (Å²) in [5, 5.41) is 0.644. The molecule has 1 aliphatic rings. The number of rotatable bonds is 3. The largest absolute Gasteiger partial charge is 0.356 e. The van der Waals surface area contributed by atoms with Crippen LogP contribution in [0.4, 0.5) is 0 Å². The molecular weight excluding hydrogens is 248 g/mol. The first kappa shape index (κ1) is 11.5. The average molecular weight is 259 g/mol. The minimum absolute atomic E-state index is 0.0144. The minimum Gasteiger partial charge on any atom is -0.356 e. The van der Waals surface area contributed by atoms with Crippen LogP contribution in [0.1, 0.15) is 22.0 Å². The molecule has 2 nitrogen and oxygen atoms in total. The summed E-state index contributed by atoms with van der Waals surface area (Å²) >= 11 is 6.08. The molecular formula is C15H11ClO2. The van der Waals surface area contributed by atoms with E-state index in [1.165, 1.54) is 0 Å². The van der Waals surface area contributed by atoms with Crippen molar-refractivity contribution in [2.75, 3.05) is 0 Å². The van der Waals surface area contributed by atoms with Gasteiger partial charge in [0.1, 0.15) is 6.10 Å². The molecule has 3 rings (SSSR count). The molecule has 1 fully saturated rings. The van der Waals surface area contributed by atoms with Crippen LogP contribution in [-0.2, 0) is 4.74 Å². The van der Waals surface area contributed by atoms with Gasteiger partial charge in [-0.25, -0.2) is 0 Å². The van der Waals surface area contributed by atoms with Crippen LogP contribution in [-0.4, -0.2) is 11.9 Å². The van der Waals surface area contributed by atoms with Gasteiger partial charge in [-0.1, -0.05) is 60.1 Å². The first-order valence-corrected chi connectivity index (χ1v) is 6.14. The van der Waals surface area contributed by atoms with Gasteiger partial charge in [0.05, 0.1) is 0 Å². The molecule has 0 aromatic heterocycles. The standard InChI is InChI=1S/C15H11ClO2/c16-12-9-5-4-8-11(12)14-15(18-14)13(17)10-6-2-1-3-7-10/h1-9,14-15H/t14-,15+/m1/s1. The number of halogens is 1. The zero-order valence-corrected chi connectivity index (χ0v) is 10.3. The second-order valence-electron chi connectivity index (χ2n) is 4.23. The smallest absolute Gasteiger partial charge is 0.194 e. The van der Waals surface area contributed by atoms with Crippen molar-refractivity contribution in [3.8, 4) is 0 Å². The van der Waals surface area contributed by atoms with Gasteiger partial charge in [-0.15, -0.1) is 0 Å². The van der Waals surface area contributed by atoms with Gasteiger partial charge in [-0.2, -0.15) is 0 Å². The van der Waals surface area contributed by atoms with E-state index in [9.17, 15) is 4.79 Å². The summed E-state index contributed by atoms with van der Waals surface area (Å²) in [6.07, 6.45) is -0.598. The number of carbonyl (C=O) groups is 1. The SMILES string of the molecule is O=C(c1ccccc1)[C@@H]1O[C@@H]1c1ccccc1Cl. The second kappa shape index (κ2) is 4.56. The molecule has 1 saturated heterocycles. The molecule has 2 atom stereocenters. The van der Waals surface area contributed by atoms with Gasteiger partial charge >= 0.3 is 0 Å². The Kier molecular flexibility index (Phi) is 2.90. The van der Waals surface area contributed by atoms with Crippen molar-refractivity contribution in [2.24, 2.45) is 0 Å². The Bertz CT molecular complexity index is 580. The van der Waals surface area contributed by atoms with Gasteiger partial charge in [0, 0.05) is 16.1 Å². The predicted octanol–water partition coefficient (Wildman–Crippen LogP) is 3.66. The van der Waals surface area contributed by atoms with E-state index in [4.69, 9.17) is 16.3 Å². The molecule has 0 unspecified atom stereocenters. The summed E-state index contributed by atoms with van der Waals surface area (Å²) in [5.41, 5.74) is 1.56. The quantitative estimate of drug-likeness (QED) is 0.621. The van der Waals surface area contributed by atoms with E-state index in [1.807, 2.05) is 42.5 Å². The normalized spacial score (nSPS) is 21.6. The number of benzene rings is 2. The number of hydrogen-bond acceptors (Lipinski definition) is 2. The third-order valence-electron chi connectivity index (χ3n) is 3.02. The van der Waals surface area contributed by atoms with Gasteiger partial charge in [-0.05, 0) is 6.07 Å². The van der Waals surface area contributed by atoms with Crippen molar-refractivity contribution >= 4 is 17.4 Å². The van der Waals surface area contributed by atoms with Gasteiger partial charge in [0.25, 0.3) is 0 Å². The molecule has 0 radical (unpaired) electrons. The Labute approximate surface area is 110 Å². The van der Waals surface area contributed by atoms with Gasteiger partial charge in [-0.3, -0.25) is 4.79 Å². The molecule has 0 N–H and O–H groups in total. The lowest BCUT2D eigenvalue weighted by Gasteiger charge is -1.99. The molecule has 0 bridgehead atoms. The molecule has 2 aromatic rings. The van der Waals surface area contributed by atoms with Crippen LogP contribution in [0, 0.1) is 0 Å². The first-order valence-electron chi connectivity index (χ1n) is 5.76. The van der Waals surface area contributed by atoms with Crippen molar-refractivity contribution < 1.29 is 9.53 Å². The lowest BCUT2D eigenvalue weighted by Crippen LogP contribution is -2.07. The van der Waals surface area contributed by atoms with Crippen molar-refractivity contribution in [3.63, 3.8) is 0 Å². The lowest BCUT2D eigenvalue weighted by molar-refractivity contribution is 0.0953. The molecule has 1 heterocycles. The van der Waals surface area contributed by atoms with Gasteiger partial charge in [0.2, 0.25) is 0 Å². The van der Waals surface area contributed by atoms with Crippen LogP contribution in [0.15, 0.2) is 54.6 Å². The Hall–Kier alpha value is -1.64. The molecule has 2 aromatic carbocycles. The van der Waals surface area contributed by atoms with Crippen molar-refractivity contribution in [1.29, 1.82) is 0 Å². The number of carbonyl (C=O) groups excluding carboxylic acids is 1. The molecule has 0 aliphatic carbocycles. The predicted molar refractivity (Wildman–Crippen MR) is 69.8 cm³/mol. The van der Waals surface area contributed by atoms with Crippen molar-refractivity contribution in [3.05, 3.63) is 70.7 Å². The summed E-state index contributed by atoms with van der Waals surface area (Å²) in [6, 6.07) is 16.6. The maximum absolute atomic E-state index is 12.1. The molecule has 1 aliphatic heterocycles. The van der Waals surface area contributed by atoms with E-state index in [0.717, 1.165) is 5.56 Å². The van der Waals surface area contributed by atoms with Crippen LogP contribution in [0.5, 0.6) is 0 Å². The highest BCUT2D eigenvalue weighted by molar-refractivity contribution is 6.31. The lowest BCUT2D eigenvalue weighted by atomic mass is 10.0. The maximum atomic E-state index is 12.1. The number of ether oxygens (including phenoxy) is 1. The van der Waals surface area contributed by atoms with Gasteiger partial charge < -0.3 is 4.74 Å². The van der Waals surface area contributed by atoms with E-state index in [1.54, 1.807) is 12.1 Å². The van der Waals surface area contributed by atoms with Gasteiger partial charge in [0.15, 0.2) is 11.9 Å². The number of Topliss-reactive ketones (excluding diaryl/α,β-unsaturated/α-hetero) is 1. The third kappa shape index (κ3) is 2.05. The zero-order chi connectivity index (χ0) is 12.5. The highest BCUT2D eigenvalue weighted by Gasteiger charge is 2.46. The Morgan fingerprint density at radius 1 is 1.00 bits per heavy atom. The number of epoxide rings is 1. The first-order chi connectivity index (χ1) is 8.77. The maximum Gasteiger partial charge on any atom is 0.194 e. The molecule has 0 amide bonds. The van der Waals surface area contributed by atoms with E-state index in [-0.39, 0.29) is 11.9 Å². The van der Waals surface area contributed by atoms with E-state index in [2.05, 4.69) is 0 Å². The van der Waals surface area contributed by atoms with E-state index in [0.29, 0.717) is 10.6 Å². The molecule has 0 spiro atoms. The Balaban J connectivity index is 1.79. The second-order valence-corrected chi connectivity index (χ2v) is 4.64. The third-order valence-corrected chi connectivity index (χ3v) is 3.36. The van der Waals surface area contributed by atoms with Crippen molar-refractivity contribution in [1.82, 2.24) is 0 Å². The highest BCUT2D eigenvalue weighted by Crippen LogP contribution is 2.43. The Morgan fingerprint density at radius 3 is 2.39 bits per heavy atom. The summed E-state index contributed by atoms with van der Waals surface area (Å²) < 4.78 is 5.47. The summed E-state index contributed by atoms with van der Waals surface area (Å²) in [6.45, 7) is 0. The molecule has 90 valence electrons. The van der Waals surface area contributed by atoms with E-state index < -0.39 is 6.10 Å². The number of hydrogen-bond donors (Lipinski definition) is 0. The van der Waals surface area contributed by atoms with Crippen LogP contribution < -0.4 is 0 Å². The molecule has 18 heavy (non-hydrogen) atoms. The summed E-state index contributed by atoms with van der Waals surface area (Å²) in [7, 11) is 0.